The normalized spacial score (nSPS) is 20.7. The van der Waals surface area contributed by atoms with Gasteiger partial charge in [0, 0.05) is 44.0 Å². The van der Waals surface area contributed by atoms with Gasteiger partial charge in [-0.2, -0.15) is 0 Å². The Balaban J connectivity index is 1.74. The van der Waals surface area contributed by atoms with Crippen molar-refractivity contribution in [2.75, 3.05) is 45.7 Å². The van der Waals surface area contributed by atoms with Gasteiger partial charge in [0.25, 0.3) is 0 Å². The molecule has 0 aromatic heterocycles. The van der Waals surface area contributed by atoms with E-state index in [0.717, 1.165) is 44.0 Å². The minimum absolute atomic E-state index is 0.599. The van der Waals surface area contributed by atoms with Crippen molar-refractivity contribution in [1.82, 2.24) is 10.2 Å². The van der Waals surface area contributed by atoms with Crippen LogP contribution in [0.3, 0.4) is 0 Å². The van der Waals surface area contributed by atoms with Crippen molar-refractivity contribution >= 4 is 5.69 Å². The lowest BCUT2D eigenvalue weighted by atomic mass is 10.1. The highest BCUT2D eigenvalue weighted by atomic mass is 16.5. The van der Waals surface area contributed by atoms with Crippen molar-refractivity contribution in [2.24, 2.45) is 0 Å². The summed E-state index contributed by atoms with van der Waals surface area (Å²) in [5.41, 5.74) is 1.12. The summed E-state index contributed by atoms with van der Waals surface area (Å²) < 4.78 is 5.21. The molecule has 1 saturated heterocycles. The van der Waals surface area contributed by atoms with Gasteiger partial charge in [-0.3, -0.25) is 0 Å². The zero-order valence-electron chi connectivity index (χ0n) is 11.3. The fraction of sp³-hybridized carbons (Fsp3) is 0.571. The Morgan fingerprint density at radius 2 is 2.39 bits per heavy atom. The lowest BCUT2D eigenvalue weighted by Crippen LogP contribution is -2.49. The highest BCUT2D eigenvalue weighted by Crippen LogP contribution is 2.16. The fourth-order valence-corrected chi connectivity index (χ4v) is 2.31. The maximum absolute atomic E-state index is 5.21. The Morgan fingerprint density at radius 3 is 3.17 bits per heavy atom. The zero-order chi connectivity index (χ0) is 12.8. The van der Waals surface area contributed by atoms with E-state index < -0.39 is 0 Å². The first-order valence-electron chi connectivity index (χ1n) is 6.58. The van der Waals surface area contributed by atoms with Crippen molar-refractivity contribution in [2.45, 2.75) is 12.5 Å². The number of nitrogens with zero attached hydrogens (tertiary/aromatic N) is 1. The summed E-state index contributed by atoms with van der Waals surface area (Å²) >= 11 is 0. The molecular weight excluding hydrogens is 226 g/mol. The van der Waals surface area contributed by atoms with E-state index in [0.29, 0.717) is 6.04 Å². The number of hydrogen-bond donors (Lipinski definition) is 2. The molecule has 2 rings (SSSR count). The Bertz CT molecular complexity index is 370. The topological polar surface area (TPSA) is 36.5 Å². The van der Waals surface area contributed by atoms with Crippen LogP contribution < -0.4 is 15.4 Å². The molecule has 100 valence electrons. The number of ether oxygens (including phenoxy) is 1. The number of methoxy groups -OCH3 is 1. The van der Waals surface area contributed by atoms with Crippen LogP contribution in [-0.2, 0) is 0 Å². The highest BCUT2D eigenvalue weighted by molar-refractivity contribution is 5.48. The summed E-state index contributed by atoms with van der Waals surface area (Å²) in [5, 5.41) is 6.99. The first-order valence-corrected chi connectivity index (χ1v) is 6.58. The summed E-state index contributed by atoms with van der Waals surface area (Å²) in [4.78, 5) is 2.38. The van der Waals surface area contributed by atoms with Crippen molar-refractivity contribution in [1.29, 1.82) is 0 Å². The first kappa shape index (κ1) is 13.2. The van der Waals surface area contributed by atoms with Crippen LogP contribution in [0.4, 0.5) is 5.69 Å². The predicted octanol–water partition coefficient (Wildman–Crippen LogP) is 1.40. The second kappa shape index (κ2) is 6.61. The van der Waals surface area contributed by atoms with Gasteiger partial charge in [-0.05, 0) is 25.6 Å². The van der Waals surface area contributed by atoms with Crippen LogP contribution in [0.1, 0.15) is 6.42 Å². The molecule has 1 aromatic carbocycles. The molecule has 1 heterocycles. The van der Waals surface area contributed by atoms with Gasteiger partial charge in [0.1, 0.15) is 5.75 Å². The number of nitrogens with one attached hydrogen (secondary N) is 2. The second-order valence-electron chi connectivity index (χ2n) is 4.86. The van der Waals surface area contributed by atoms with E-state index in [9.17, 15) is 0 Å². The molecule has 0 aliphatic carbocycles. The number of hydrogen-bond acceptors (Lipinski definition) is 4. The van der Waals surface area contributed by atoms with Gasteiger partial charge >= 0.3 is 0 Å². The van der Waals surface area contributed by atoms with E-state index in [1.54, 1.807) is 7.11 Å². The quantitative estimate of drug-likeness (QED) is 0.827. The van der Waals surface area contributed by atoms with E-state index in [2.05, 4.69) is 28.6 Å². The van der Waals surface area contributed by atoms with E-state index in [1.165, 1.54) is 0 Å². The van der Waals surface area contributed by atoms with Crippen LogP contribution in [0.15, 0.2) is 24.3 Å². The van der Waals surface area contributed by atoms with E-state index >= 15 is 0 Å². The standard InChI is InChI=1S/C14H23N3O/c1-17-9-8-16-13(11-17)6-7-15-12-4-3-5-14(10-12)18-2/h3-5,10,13,15-16H,6-9,11H2,1-2H3. The second-order valence-corrected chi connectivity index (χ2v) is 4.86. The summed E-state index contributed by atoms with van der Waals surface area (Å²) in [7, 11) is 3.88. The molecule has 1 unspecified atom stereocenters. The third-order valence-corrected chi connectivity index (χ3v) is 3.35. The maximum Gasteiger partial charge on any atom is 0.120 e. The molecule has 0 amide bonds. The predicted molar refractivity (Wildman–Crippen MR) is 75.4 cm³/mol. The van der Waals surface area contributed by atoms with Crippen molar-refractivity contribution in [3.63, 3.8) is 0 Å². The van der Waals surface area contributed by atoms with Gasteiger partial charge in [0.2, 0.25) is 0 Å². The Morgan fingerprint density at radius 1 is 1.50 bits per heavy atom. The van der Waals surface area contributed by atoms with E-state index in [4.69, 9.17) is 4.74 Å². The molecule has 0 radical (unpaired) electrons. The minimum Gasteiger partial charge on any atom is -0.497 e. The summed E-state index contributed by atoms with van der Waals surface area (Å²) in [6.45, 7) is 4.37. The summed E-state index contributed by atoms with van der Waals surface area (Å²) in [6.07, 6.45) is 1.14. The van der Waals surface area contributed by atoms with Crippen molar-refractivity contribution in [3.05, 3.63) is 24.3 Å². The van der Waals surface area contributed by atoms with Crippen LogP contribution in [0.5, 0.6) is 5.75 Å². The van der Waals surface area contributed by atoms with Gasteiger partial charge in [0.05, 0.1) is 7.11 Å². The van der Waals surface area contributed by atoms with E-state index in [1.807, 2.05) is 18.2 Å². The molecule has 0 spiro atoms. The highest BCUT2D eigenvalue weighted by Gasteiger charge is 2.15. The molecule has 0 saturated carbocycles. The third kappa shape index (κ3) is 3.89. The Kier molecular flexibility index (Phi) is 4.84. The van der Waals surface area contributed by atoms with Gasteiger partial charge < -0.3 is 20.3 Å². The average molecular weight is 249 g/mol. The maximum atomic E-state index is 5.21. The minimum atomic E-state index is 0.599. The number of likely N-dealkylation sites (N-methyl/N-ethyl adjacent to an activating group) is 1. The van der Waals surface area contributed by atoms with Gasteiger partial charge in [-0.25, -0.2) is 0 Å². The molecular formula is C14H23N3O. The lowest BCUT2D eigenvalue weighted by Gasteiger charge is -2.31. The van der Waals surface area contributed by atoms with E-state index in [-0.39, 0.29) is 0 Å². The molecule has 1 aliphatic heterocycles. The lowest BCUT2D eigenvalue weighted by molar-refractivity contribution is 0.234. The molecule has 1 fully saturated rings. The van der Waals surface area contributed by atoms with Crippen LogP contribution in [0, 0.1) is 0 Å². The SMILES string of the molecule is COc1cccc(NCCC2CN(C)CCN2)c1. The molecule has 0 bridgehead atoms. The molecule has 4 nitrogen and oxygen atoms in total. The number of piperazine rings is 1. The summed E-state index contributed by atoms with van der Waals surface area (Å²) in [6, 6.07) is 8.67. The average Bonchev–Trinajstić information content (AvgIpc) is 2.39. The number of rotatable bonds is 5. The largest absolute Gasteiger partial charge is 0.497 e. The zero-order valence-corrected chi connectivity index (χ0v) is 11.3. The Labute approximate surface area is 109 Å². The summed E-state index contributed by atoms with van der Waals surface area (Å²) in [5.74, 6) is 0.899. The molecule has 1 aliphatic rings. The number of benzene rings is 1. The van der Waals surface area contributed by atoms with Crippen molar-refractivity contribution < 1.29 is 4.74 Å². The monoisotopic (exact) mass is 249 g/mol. The van der Waals surface area contributed by atoms with Crippen LogP contribution in [-0.4, -0.2) is 51.3 Å². The van der Waals surface area contributed by atoms with Gasteiger partial charge in [-0.1, -0.05) is 6.07 Å². The van der Waals surface area contributed by atoms with Crippen LogP contribution in [0.25, 0.3) is 0 Å². The van der Waals surface area contributed by atoms with Gasteiger partial charge in [0.15, 0.2) is 0 Å². The third-order valence-electron chi connectivity index (χ3n) is 3.35. The smallest absolute Gasteiger partial charge is 0.120 e. The first-order chi connectivity index (χ1) is 8.78. The van der Waals surface area contributed by atoms with Crippen LogP contribution >= 0.6 is 0 Å². The fourth-order valence-electron chi connectivity index (χ4n) is 2.31. The van der Waals surface area contributed by atoms with Crippen molar-refractivity contribution in [3.8, 4) is 5.75 Å². The molecule has 1 atom stereocenters. The Hall–Kier alpha value is -1.26. The van der Waals surface area contributed by atoms with Crippen LogP contribution in [0.2, 0.25) is 0 Å². The van der Waals surface area contributed by atoms with Gasteiger partial charge in [-0.15, -0.1) is 0 Å². The molecule has 4 heteroatoms. The molecule has 18 heavy (non-hydrogen) atoms. The molecule has 1 aromatic rings. The molecule has 2 N–H and O–H groups in total. The number of anilines is 1.